The van der Waals surface area contributed by atoms with E-state index in [-0.39, 0.29) is 0 Å². The molecule has 0 radical (unpaired) electrons. The second-order valence-corrected chi connectivity index (χ2v) is 6.75. The highest BCUT2D eigenvalue weighted by Gasteiger charge is 2.16. The Hall–Kier alpha value is -1.22. The van der Waals surface area contributed by atoms with E-state index in [9.17, 15) is 0 Å². The average Bonchev–Trinajstić information content (AvgIpc) is 2.44. The summed E-state index contributed by atoms with van der Waals surface area (Å²) in [6.07, 6.45) is 3.42. The number of benzene rings is 1. The Kier molecular flexibility index (Phi) is 7.03. The Morgan fingerprint density at radius 2 is 1.76 bits per heavy atom. The van der Waals surface area contributed by atoms with Crippen LogP contribution in [-0.4, -0.2) is 26.8 Å². The first-order chi connectivity index (χ1) is 9.89. The topological polar surface area (TPSA) is 30.5 Å². The molecule has 0 aliphatic rings. The summed E-state index contributed by atoms with van der Waals surface area (Å²) in [5.74, 6) is 1.59. The van der Waals surface area contributed by atoms with Gasteiger partial charge in [-0.3, -0.25) is 0 Å². The van der Waals surface area contributed by atoms with Crippen LogP contribution in [0.1, 0.15) is 46.1 Å². The lowest BCUT2D eigenvalue weighted by Gasteiger charge is -2.24. The predicted octanol–water partition coefficient (Wildman–Crippen LogP) is 4.05. The van der Waals surface area contributed by atoms with E-state index in [1.54, 1.807) is 14.2 Å². The Bertz CT molecular complexity index is 424. The monoisotopic (exact) mass is 293 g/mol. The maximum atomic E-state index is 5.39. The smallest absolute Gasteiger partial charge is 0.160 e. The van der Waals surface area contributed by atoms with Gasteiger partial charge in [0.1, 0.15) is 0 Å². The molecule has 0 saturated heterocycles. The highest BCUT2D eigenvalue weighted by Crippen LogP contribution is 2.29. The fourth-order valence-corrected chi connectivity index (χ4v) is 2.46. The van der Waals surface area contributed by atoms with Gasteiger partial charge in [0.15, 0.2) is 11.5 Å². The zero-order valence-electron chi connectivity index (χ0n) is 14.5. The van der Waals surface area contributed by atoms with Crippen molar-refractivity contribution in [1.82, 2.24) is 5.32 Å². The summed E-state index contributed by atoms with van der Waals surface area (Å²) in [5, 5.41) is 3.60. The third-order valence-electron chi connectivity index (χ3n) is 3.67. The lowest BCUT2D eigenvalue weighted by Crippen LogP contribution is -2.32. The fourth-order valence-electron chi connectivity index (χ4n) is 2.46. The minimum atomic E-state index is 0.380. The molecular weight excluding hydrogens is 262 g/mol. The van der Waals surface area contributed by atoms with E-state index in [0.717, 1.165) is 24.5 Å². The maximum absolute atomic E-state index is 5.39. The van der Waals surface area contributed by atoms with Gasteiger partial charge in [-0.15, -0.1) is 0 Å². The molecule has 3 nitrogen and oxygen atoms in total. The van der Waals surface area contributed by atoms with Gasteiger partial charge < -0.3 is 14.8 Å². The first-order valence-corrected chi connectivity index (χ1v) is 7.84. The van der Waals surface area contributed by atoms with Crippen LogP contribution in [-0.2, 0) is 6.42 Å². The van der Waals surface area contributed by atoms with Gasteiger partial charge in [0.25, 0.3) is 0 Å². The van der Waals surface area contributed by atoms with E-state index in [2.05, 4.69) is 45.1 Å². The van der Waals surface area contributed by atoms with Crippen LogP contribution in [0.2, 0.25) is 0 Å². The van der Waals surface area contributed by atoms with Crippen molar-refractivity contribution >= 4 is 0 Å². The van der Waals surface area contributed by atoms with Crippen molar-refractivity contribution < 1.29 is 9.47 Å². The minimum absolute atomic E-state index is 0.380. The molecule has 0 saturated carbocycles. The second-order valence-electron chi connectivity index (χ2n) is 6.75. The molecule has 0 fully saturated rings. The highest BCUT2D eigenvalue weighted by atomic mass is 16.5. The van der Waals surface area contributed by atoms with Crippen LogP contribution in [0.15, 0.2) is 18.2 Å². The molecule has 0 bridgehead atoms. The number of ether oxygens (including phenoxy) is 2. The molecule has 1 unspecified atom stereocenters. The number of rotatable bonds is 8. The molecule has 1 aromatic rings. The van der Waals surface area contributed by atoms with Crippen molar-refractivity contribution in [1.29, 1.82) is 0 Å². The van der Waals surface area contributed by atoms with Crippen LogP contribution >= 0.6 is 0 Å². The number of hydrogen-bond acceptors (Lipinski definition) is 3. The van der Waals surface area contributed by atoms with Crippen LogP contribution < -0.4 is 14.8 Å². The van der Waals surface area contributed by atoms with Crippen LogP contribution in [0.25, 0.3) is 0 Å². The van der Waals surface area contributed by atoms with Crippen molar-refractivity contribution in [2.75, 3.05) is 20.8 Å². The third-order valence-corrected chi connectivity index (χ3v) is 3.67. The molecule has 3 heteroatoms. The van der Waals surface area contributed by atoms with E-state index in [0.29, 0.717) is 11.5 Å². The van der Waals surface area contributed by atoms with Gasteiger partial charge in [-0.05, 0) is 48.9 Å². The number of likely N-dealkylation sites (N-methyl/N-ethyl adjacent to an activating group) is 1. The molecule has 0 aromatic heterocycles. The largest absolute Gasteiger partial charge is 0.493 e. The lowest BCUT2D eigenvalue weighted by atomic mass is 9.87. The highest BCUT2D eigenvalue weighted by molar-refractivity contribution is 5.43. The Morgan fingerprint density at radius 1 is 1.10 bits per heavy atom. The number of hydrogen-bond donors (Lipinski definition) is 1. The zero-order valence-corrected chi connectivity index (χ0v) is 14.5. The van der Waals surface area contributed by atoms with Gasteiger partial charge in [0.05, 0.1) is 14.2 Å². The Balaban J connectivity index is 2.74. The van der Waals surface area contributed by atoms with Crippen LogP contribution in [0, 0.1) is 5.41 Å². The summed E-state index contributed by atoms with van der Waals surface area (Å²) >= 11 is 0. The number of methoxy groups -OCH3 is 2. The third kappa shape index (κ3) is 6.38. The van der Waals surface area contributed by atoms with Gasteiger partial charge >= 0.3 is 0 Å². The summed E-state index contributed by atoms with van der Waals surface area (Å²) in [6, 6.07) is 6.71. The van der Waals surface area contributed by atoms with Crippen molar-refractivity contribution in [2.24, 2.45) is 5.41 Å². The second kappa shape index (κ2) is 8.28. The molecule has 120 valence electrons. The Labute approximate surface area is 130 Å². The predicted molar refractivity (Wildman–Crippen MR) is 89.4 cm³/mol. The molecule has 0 amide bonds. The van der Waals surface area contributed by atoms with Gasteiger partial charge in [0, 0.05) is 6.04 Å². The van der Waals surface area contributed by atoms with Gasteiger partial charge in [-0.2, -0.15) is 0 Å². The van der Waals surface area contributed by atoms with E-state index >= 15 is 0 Å². The van der Waals surface area contributed by atoms with Crippen molar-refractivity contribution in [2.45, 2.75) is 53.0 Å². The standard InChI is InChI=1S/C18H31NO2/c1-7-19-15(10-11-18(2,3)4)12-14-8-9-16(20-5)17(13-14)21-6/h8-9,13,15,19H,7,10-12H2,1-6H3. The summed E-state index contributed by atoms with van der Waals surface area (Å²) in [6.45, 7) is 10.1. The molecule has 1 atom stereocenters. The van der Waals surface area contributed by atoms with E-state index in [1.807, 2.05) is 6.07 Å². The molecular formula is C18H31NO2. The summed E-state index contributed by atoms with van der Waals surface area (Å²) in [4.78, 5) is 0. The van der Waals surface area contributed by atoms with E-state index in [4.69, 9.17) is 9.47 Å². The lowest BCUT2D eigenvalue weighted by molar-refractivity contribution is 0.329. The first-order valence-electron chi connectivity index (χ1n) is 7.84. The minimum Gasteiger partial charge on any atom is -0.493 e. The first kappa shape index (κ1) is 17.8. The summed E-state index contributed by atoms with van der Waals surface area (Å²) < 4.78 is 10.7. The van der Waals surface area contributed by atoms with Crippen molar-refractivity contribution in [3.05, 3.63) is 23.8 Å². The van der Waals surface area contributed by atoms with Crippen molar-refractivity contribution in [3.63, 3.8) is 0 Å². The molecule has 0 aliphatic carbocycles. The number of nitrogens with one attached hydrogen (secondary N) is 1. The molecule has 1 N–H and O–H groups in total. The molecule has 1 rings (SSSR count). The van der Waals surface area contributed by atoms with E-state index in [1.165, 1.54) is 18.4 Å². The Morgan fingerprint density at radius 3 is 2.29 bits per heavy atom. The summed E-state index contributed by atoms with van der Waals surface area (Å²) in [7, 11) is 3.35. The molecule has 1 aromatic carbocycles. The SMILES string of the molecule is CCNC(CCC(C)(C)C)Cc1ccc(OC)c(OC)c1. The van der Waals surface area contributed by atoms with Crippen LogP contribution in [0.3, 0.4) is 0 Å². The zero-order chi connectivity index (χ0) is 15.9. The van der Waals surface area contributed by atoms with Gasteiger partial charge in [0.2, 0.25) is 0 Å². The average molecular weight is 293 g/mol. The maximum Gasteiger partial charge on any atom is 0.160 e. The quantitative estimate of drug-likeness (QED) is 0.784. The van der Waals surface area contributed by atoms with E-state index < -0.39 is 0 Å². The van der Waals surface area contributed by atoms with Gasteiger partial charge in [-0.1, -0.05) is 33.8 Å². The van der Waals surface area contributed by atoms with Gasteiger partial charge in [-0.25, -0.2) is 0 Å². The normalized spacial score (nSPS) is 13.0. The summed E-state index contributed by atoms with van der Waals surface area (Å²) in [5.41, 5.74) is 1.66. The molecule has 0 aliphatic heterocycles. The van der Waals surface area contributed by atoms with Crippen molar-refractivity contribution in [3.8, 4) is 11.5 Å². The van der Waals surface area contributed by atoms with Crippen LogP contribution in [0.4, 0.5) is 0 Å². The molecule has 21 heavy (non-hydrogen) atoms. The fraction of sp³-hybridized carbons (Fsp3) is 0.667. The molecule has 0 heterocycles. The molecule has 0 spiro atoms. The van der Waals surface area contributed by atoms with Crippen LogP contribution in [0.5, 0.6) is 11.5 Å².